The molecule has 0 fully saturated rings. The van der Waals surface area contributed by atoms with E-state index in [4.69, 9.17) is 15.7 Å². The molecular weight excluding hydrogens is 266 g/mol. The van der Waals surface area contributed by atoms with Crippen LogP contribution in [0.15, 0.2) is 36.7 Å². The third-order valence-electron chi connectivity index (χ3n) is 2.98. The second-order valence-corrected chi connectivity index (χ2v) is 4.46. The molecule has 21 heavy (non-hydrogen) atoms. The highest BCUT2D eigenvalue weighted by atomic mass is 16.5. The highest BCUT2D eigenvalue weighted by Crippen LogP contribution is 2.25. The largest absolute Gasteiger partial charge is 0.481 e. The maximum atomic E-state index is 8.83. The number of aromatic nitrogens is 2. The second kappa shape index (κ2) is 7.10. The van der Waals surface area contributed by atoms with Crippen LogP contribution >= 0.6 is 0 Å². The van der Waals surface area contributed by atoms with E-state index in [0.29, 0.717) is 36.9 Å². The Hall–Kier alpha value is -2.81. The van der Waals surface area contributed by atoms with Crippen molar-refractivity contribution in [2.75, 3.05) is 24.3 Å². The zero-order valence-electron chi connectivity index (χ0n) is 11.9. The number of rotatable bonds is 6. The van der Waals surface area contributed by atoms with Crippen LogP contribution in [0.3, 0.4) is 0 Å². The summed E-state index contributed by atoms with van der Waals surface area (Å²) in [5, 5.41) is 8.83. The minimum Gasteiger partial charge on any atom is -0.481 e. The first-order valence-electron chi connectivity index (χ1n) is 6.56. The van der Waals surface area contributed by atoms with Crippen LogP contribution in [0, 0.1) is 11.3 Å². The van der Waals surface area contributed by atoms with Gasteiger partial charge in [-0.3, -0.25) is 4.98 Å². The summed E-state index contributed by atoms with van der Waals surface area (Å²) >= 11 is 0. The lowest BCUT2D eigenvalue weighted by Gasteiger charge is -2.24. The Kier molecular flexibility index (Phi) is 4.94. The number of nitriles is 1. The van der Waals surface area contributed by atoms with Gasteiger partial charge in [-0.25, -0.2) is 0 Å². The van der Waals surface area contributed by atoms with Crippen molar-refractivity contribution in [3.05, 3.63) is 42.2 Å². The summed E-state index contributed by atoms with van der Waals surface area (Å²) in [6, 6.07) is 9.46. The molecule has 0 spiro atoms. The molecule has 2 aromatic heterocycles. The van der Waals surface area contributed by atoms with E-state index in [2.05, 4.69) is 16.0 Å². The lowest BCUT2D eigenvalue weighted by atomic mass is 10.2. The van der Waals surface area contributed by atoms with Gasteiger partial charge in [-0.1, -0.05) is 6.07 Å². The average molecular weight is 283 g/mol. The van der Waals surface area contributed by atoms with Crippen molar-refractivity contribution in [1.82, 2.24) is 9.97 Å². The van der Waals surface area contributed by atoms with Crippen LogP contribution in [-0.4, -0.2) is 23.6 Å². The van der Waals surface area contributed by atoms with Crippen LogP contribution < -0.4 is 15.4 Å². The molecule has 2 aromatic rings. The monoisotopic (exact) mass is 283 g/mol. The summed E-state index contributed by atoms with van der Waals surface area (Å²) in [6.07, 6.45) is 3.90. The van der Waals surface area contributed by atoms with Crippen LogP contribution in [0.2, 0.25) is 0 Å². The molecule has 6 nitrogen and oxygen atoms in total. The van der Waals surface area contributed by atoms with Gasteiger partial charge in [0.1, 0.15) is 0 Å². The van der Waals surface area contributed by atoms with Gasteiger partial charge in [-0.05, 0) is 17.7 Å². The van der Waals surface area contributed by atoms with E-state index < -0.39 is 0 Å². The van der Waals surface area contributed by atoms with Crippen LogP contribution in [0.5, 0.6) is 5.88 Å². The van der Waals surface area contributed by atoms with Gasteiger partial charge in [0.25, 0.3) is 0 Å². The lowest BCUT2D eigenvalue weighted by molar-refractivity contribution is 0.398. The number of nitrogens with two attached hydrogens (primary N) is 1. The zero-order chi connectivity index (χ0) is 15.1. The summed E-state index contributed by atoms with van der Waals surface area (Å²) in [5.74, 6) is 1.11. The van der Waals surface area contributed by atoms with Crippen LogP contribution in [0.1, 0.15) is 12.0 Å². The molecular formula is C15H17N5O. The standard InChI is InChI=1S/C15H17N5O/c1-21-14-6-5-13(17)15(19-14)20(9-3-7-16)11-12-4-2-8-18-10-12/h2,4-6,8,10H,3,9,11,17H2,1H3. The number of anilines is 2. The fourth-order valence-electron chi connectivity index (χ4n) is 1.97. The summed E-state index contributed by atoms with van der Waals surface area (Å²) < 4.78 is 5.14. The van der Waals surface area contributed by atoms with Gasteiger partial charge < -0.3 is 15.4 Å². The van der Waals surface area contributed by atoms with Crippen molar-refractivity contribution >= 4 is 11.5 Å². The maximum absolute atomic E-state index is 8.83. The van der Waals surface area contributed by atoms with Gasteiger partial charge in [0.15, 0.2) is 5.82 Å². The van der Waals surface area contributed by atoms with Crippen molar-refractivity contribution in [1.29, 1.82) is 5.26 Å². The first-order chi connectivity index (χ1) is 10.2. The fraction of sp³-hybridized carbons (Fsp3) is 0.267. The number of hydrogen-bond donors (Lipinski definition) is 1. The second-order valence-electron chi connectivity index (χ2n) is 4.46. The van der Waals surface area contributed by atoms with Gasteiger partial charge >= 0.3 is 0 Å². The van der Waals surface area contributed by atoms with Crippen molar-refractivity contribution in [2.24, 2.45) is 0 Å². The molecule has 0 saturated heterocycles. The van der Waals surface area contributed by atoms with E-state index in [-0.39, 0.29) is 0 Å². The Labute approximate surface area is 123 Å². The number of pyridine rings is 2. The summed E-state index contributed by atoms with van der Waals surface area (Å²) in [7, 11) is 1.56. The predicted molar refractivity (Wildman–Crippen MR) is 80.7 cm³/mol. The van der Waals surface area contributed by atoms with Gasteiger partial charge in [-0.15, -0.1) is 0 Å². The Morgan fingerprint density at radius 3 is 2.90 bits per heavy atom. The minimum atomic E-state index is 0.387. The van der Waals surface area contributed by atoms with Crippen molar-refractivity contribution in [3.8, 4) is 11.9 Å². The van der Waals surface area contributed by atoms with E-state index in [1.807, 2.05) is 17.0 Å². The molecule has 0 aliphatic heterocycles. The number of nitrogens with zero attached hydrogens (tertiary/aromatic N) is 4. The highest BCUT2D eigenvalue weighted by molar-refractivity contribution is 5.63. The number of methoxy groups -OCH3 is 1. The third-order valence-corrected chi connectivity index (χ3v) is 2.98. The summed E-state index contributed by atoms with van der Waals surface area (Å²) in [4.78, 5) is 10.4. The zero-order valence-corrected chi connectivity index (χ0v) is 11.9. The molecule has 0 aliphatic carbocycles. The minimum absolute atomic E-state index is 0.387. The van der Waals surface area contributed by atoms with E-state index in [0.717, 1.165) is 5.56 Å². The van der Waals surface area contributed by atoms with E-state index in [9.17, 15) is 0 Å². The fourth-order valence-corrected chi connectivity index (χ4v) is 1.97. The van der Waals surface area contributed by atoms with Gasteiger partial charge in [-0.2, -0.15) is 10.2 Å². The predicted octanol–water partition coefficient (Wildman–Crippen LogP) is 1.99. The Balaban J connectivity index is 2.29. The van der Waals surface area contributed by atoms with Crippen LogP contribution in [0.25, 0.3) is 0 Å². The van der Waals surface area contributed by atoms with E-state index in [1.54, 1.807) is 31.6 Å². The number of hydrogen-bond acceptors (Lipinski definition) is 6. The molecule has 2 rings (SSSR count). The smallest absolute Gasteiger partial charge is 0.215 e. The average Bonchev–Trinajstić information content (AvgIpc) is 2.53. The van der Waals surface area contributed by atoms with Crippen LogP contribution in [-0.2, 0) is 6.54 Å². The van der Waals surface area contributed by atoms with Crippen LogP contribution in [0.4, 0.5) is 11.5 Å². The van der Waals surface area contributed by atoms with E-state index >= 15 is 0 Å². The maximum Gasteiger partial charge on any atom is 0.215 e. The molecule has 0 amide bonds. The number of nitrogen functional groups attached to an aromatic ring is 1. The van der Waals surface area contributed by atoms with Crippen molar-refractivity contribution < 1.29 is 4.74 Å². The quantitative estimate of drug-likeness (QED) is 0.872. The summed E-state index contributed by atoms with van der Waals surface area (Å²) in [5.41, 5.74) is 7.59. The van der Waals surface area contributed by atoms with E-state index in [1.165, 1.54) is 0 Å². The molecule has 0 aliphatic rings. The molecule has 6 heteroatoms. The topological polar surface area (TPSA) is 88.1 Å². The summed E-state index contributed by atoms with van der Waals surface area (Å²) in [6.45, 7) is 1.12. The number of ether oxygens (including phenoxy) is 1. The Morgan fingerprint density at radius 2 is 2.24 bits per heavy atom. The Morgan fingerprint density at radius 1 is 1.38 bits per heavy atom. The highest BCUT2D eigenvalue weighted by Gasteiger charge is 2.13. The first kappa shape index (κ1) is 14.6. The molecule has 0 unspecified atom stereocenters. The molecule has 0 aromatic carbocycles. The molecule has 2 heterocycles. The lowest BCUT2D eigenvalue weighted by Crippen LogP contribution is -2.26. The normalized spacial score (nSPS) is 9.90. The molecule has 108 valence electrons. The SMILES string of the molecule is COc1ccc(N)c(N(CCC#N)Cc2cccnc2)n1. The van der Waals surface area contributed by atoms with Gasteiger partial charge in [0.05, 0.1) is 25.3 Å². The van der Waals surface area contributed by atoms with Gasteiger partial charge in [0, 0.05) is 31.5 Å². The molecule has 0 radical (unpaired) electrons. The van der Waals surface area contributed by atoms with Gasteiger partial charge in [0.2, 0.25) is 5.88 Å². The molecule has 2 N–H and O–H groups in total. The molecule has 0 atom stereocenters. The first-order valence-corrected chi connectivity index (χ1v) is 6.56. The van der Waals surface area contributed by atoms with Crippen molar-refractivity contribution in [3.63, 3.8) is 0 Å². The molecule has 0 bridgehead atoms. The molecule has 0 saturated carbocycles. The van der Waals surface area contributed by atoms with Crippen molar-refractivity contribution in [2.45, 2.75) is 13.0 Å². The Bertz CT molecular complexity index is 624. The third kappa shape index (κ3) is 3.83.